The van der Waals surface area contributed by atoms with Crippen LogP contribution >= 0.6 is 0 Å². The predicted molar refractivity (Wildman–Crippen MR) is 293 cm³/mol. The van der Waals surface area contributed by atoms with Crippen molar-refractivity contribution in [1.29, 1.82) is 5.26 Å². The number of nitriles is 1. The van der Waals surface area contributed by atoms with E-state index in [1.165, 1.54) is 0 Å². The minimum Gasteiger partial charge on any atom is -0.508 e. The van der Waals surface area contributed by atoms with Crippen LogP contribution in [-0.2, 0) is 26.5 Å². The van der Waals surface area contributed by atoms with Crippen molar-refractivity contribution in [2.75, 3.05) is 9.62 Å². The van der Waals surface area contributed by atoms with E-state index >= 15 is 0 Å². The second kappa shape index (κ2) is 18.7. The van der Waals surface area contributed by atoms with Crippen molar-refractivity contribution < 1.29 is 44.1 Å². The van der Waals surface area contributed by atoms with Gasteiger partial charge in [0.25, 0.3) is 6.33 Å². The standard InChI is InChI=1S/C65H45BN6O.Pt/c1-65(2,3)47-36-37-68-63(39-47)72-61-41-62(46(42-67)38-60(61)71-57-33-15-13-29-55(57)53-27-11-10-26-52(53)54-28-12-14-32-56(54)66(71)72)73-49-25-18-24-48(40-49)69-43-70(59-35-17-16-34-58(59)69)64-50(44-20-6-4-7-21-44)30-19-31-51(64)45-22-8-5-9-23-45;/h4-39H,1-3H3;/q-2;/i4D,5D,6D,7D,8D,9D,20D,21D,22D,23D;. The zero-order valence-electron chi connectivity index (χ0n) is 50.0. The molecule has 0 amide bonds. The van der Waals surface area contributed by atoms with Gasteiger partial charge in [0.1, 0.15) is 5.82 Å². The maximum Gasteiger partial charge on any atom is 0.409 e. The van der Waals surface area contributed by atoms with Crippen LogP contribution in [0.5, 0.6) is 11.5 Å². The average molecular weight is 1140 g/mol. The van der Waals surface area contributed by atoms with Gasteiger partial charge in [0, 0.05) is 56.1 Å². The van der Waals surface area contributed by atoms with E-state index in [0.29, 0.717) is 33.9 Å². The fourth-order valence-corrected chi connectivity index (χ4v) is 10.1. The first-order valence-electron chi connectivity index (χ1n) is 28.7. The maximum absolute atomic E-state index is 11.1. The second-order valence-corrected chi connectivity index (χ2v) is 18.7. The molecule has 0 radical (unpaired) electrons. The number of imidazole rings is 1. The van der Waals surface area contributed by atoms with Crippen LogP contribution in [0.4, 0.5) is 22.9 Å². The number of rotatable bonds is 7. The van der Waals surface area contributed by atoms with Gasteiger partial charge in [-0.2, -0.15) is 12.1 Å². The summed E-state index contributed by atoms with van der Waals surface area (Å²) in [4.78, 5) is 9.49. The number of hydrogen-bond acceptors (Lipinski definition) is 5. The largest absolute Gasteiger partial charge is 0.508 e. The second-order valence-electron chi connectivity index (χ2n) is 18.7. The van der Waals surface area contributed by atoms with E-state index in [4.69, 9.17) is 23.4 Å². The number of fused-ring (bicyclic) bond motifs is 11. The van der Waals surface area contributed by atoms with Gasteiger partial charge in [-0.1, -0.05) is 202 Å². The molecule has 0 saturated carbocycles. The Labute approximate surface area is 460 Å². The number of benzene rings is 9. The van der Waals surface area contributed by atoms with Gasteiger partial charge < -0.3 is 18.9 Å². The summed E-state index contributed by atoms with van der Waals surface area (Å²) in [5.41, 5.74) is 9.95. The van der Waals surface area contributed by atoms with Crippen LogP contribution in [0, 0.1) is 29.8 Å². The van der Waals surface area contributed by atoms with E-state index in [2.05, 4.69) is 103 Å². The van der Waals surface area contributed by atoms with Gasteiger partial charge in [-0.25, -0.2) is 10.2 Å². The molecule has 2 aliphatic rings. The molecule has 0 unspecified atom stereocenters. The zero-order chi connectivity index (χ0) is 57.9. The summed E-state index contributed by atoms with van der Waals surface area (Å²) in [5.74, 6) is 1.00. The molecule has 13 rings (SSSR count). The topological polar surface area (TPSA) is 61.2 Å². The molecular formula is C65H45BN6OPt-2. The van der Waals surface area contributed by atoms with Crippen molar-refractivity contribution in [3.05, 3.63) is 248 Å². The molecule has 0 fully saturated rings. The number of pyridine rings is 1. The van der Waals surface area contributed by atoms with Crippen LogP contribution in [-0.4, -0.2) is 16.5 Å². The monoisotopic (exact) mass is 1140 g/mol. The quantitative estimate of drug-likeness (QED) is 0.0904. The molecule has 0 N–H and O–H groups in total. The normalized spacial score (nSPS) is 14.2. The number of para-hydroxylation sites is 4. The van der Waals surface area contributed by atoms with Crippen molar-refractivity contribution in [2.24, 2.45) is 0 Å². The van der Waals surface area contributed by atoms with Crippen molar-refractivity contribution in [3.63, 3.8) is 0 Å². The molecule has 11 aromatic rings. The molecule has 0 atom stereocenters. The Kier molecular flexibility index (Phi) is 9.15. The van der Waals surface area contributed by atoms with E-state index in [9.17, 15) is 5.26 Å². The van der Waals surface area contributed by atoms with Crippen molar-refractivity contribution in [1.82, 2.24) is 9.55 Å². The van der Waals surface area contributed by atoms with Gasteiger partial charge in [-0.05, 0) is 84.8 Å². The third kappa shape index (κ3) is 7.80. The van der Waals surface area contributed by atoms with Crippen LogP contribution in [0.1, 0.15) is 45.6 Å². The molecule has 0 spiro atoms. The molecule has 0 saturated heterocycles. The Morgan fingerprint density at radius 2 is 1.26 bits per heavy atom. The van der Waals surface area contributed by atoms with E-state index in [0.717, 1.165) is 39.0 Å². The molecule has 9 aromatic carbocycles. The van der Waals surface area contributed by atoms with Crippen LogP contribution < -0.4 is 24.4 Å². The summed E-state index contributed by atoms with van der Waals surface area (Å²) < 4.78 is 97.8. The van der Waals surface area contributed by atoms with Crippen LogP contribution in [0.25, 0.3) is 66.9 Å². The van der Waals surface area contributed by atoms with E-state index < -0.39 is 67.4 Å². The number of anilines is 4. The molecule has 2 aromatic heterocycles. The molecule has 7 nitrogen and oxygen atoms in total. The Bertz CT molecular complexity index is 4470. The molecule has 74 heavy (non-hydrogen) atoms. The van der Waals surface area contributed by atoms with Gasteiger partial charge >= 0.3 is 6.98 Å². The summed E-state index contributed by atoms with van der Waals surface area (Å²) >= 11 is 0. The number of hydrogen-bond donors (Lipinski definition) is 0. The average Bonchev–Trinajstić information content (AvgIpc) is 1.98. The number of nitrogens with zero attached hydrogens (tertiary/aromatic N) is 6. The van der Waals surface area contributed by atoms with Gasteiger partial charge in [0.05, 0.1) is 30.4 Å². The first-order chi connectivity index (χ1) is 40.0. The Morgan fingerprint density at radius 3 is 1.97 bits per heavy atom. The molecule has 9 heteroatoms. The summed E-state index contributed by atoms with van der Waals surface area (Å²) in [6, 6.07) is 52.1. The maximum atomic E-state index is 11.1. The van der Waals surface area contributed by atoms with Gasteiger partial charge in [-0.15, -0.1) is 24.3 Å². The predicted octanol–water partition coefficient (Wildman–Crippen LogP) is 14.3. The summed E-state index contributed by atoms with van der Waals surface area (Å²) in [6.45, 7) is 5.98. The Balaban J connectivity index is 0.00000694. The minimum absolute atomic E-state index is 0. The fourth-order valence-electron chi connectivity index (χ4n) is 10.1. The Hall–Kier alpha value is -8.76. The van der Waals surface area contributed by atoms with Crippen molar-refractivity contribution >= 4 is 46.4 Å². The SMILES string of the molecule is [2H]c1c([2H])c([2H])c(-c2cccc(-c3c([2H])c([2H])c([2H])c([2H])c3[2H])c2-[n+]2[c-]n(-c3[c-]c(Oc4[c-]c5c(cc4C#N)N4B(c6ccccc6-c6ccccc6-c6ccccc64)N5c4cc(C(C)(C)C)ccn4)ccc3)c3ccccc32)c([2H])c1[2H].[Pt]. The van der Waals surface area contributed by atoms with Gasteiger partial charge in [0.15, 0.2) is 0 Å². The van der Waals surface area contributed by atoms with Crippen LogP contribution in [0.2, 0.25) is 0 Å². The summed E-state index contributed by atoms with van der Waals surface area (Å²) in [5, 5.41) is 11.1. The third-order valence-electron chi connectivity index (χ3n) is 13.4. The number of aromatic nitrogens is 3. The van der Waals surface area contributed by atoms with E-state index in [-0.39, 0.29) is 71.5 Å². The number of ether oxygens (including phenoxy) is 1. The first kappa shape index (κ1) is 36.2. The molecular weight excluding hydrogens is 1090 g/mol. The zero-order valence-corrected chi connectivity index (χ0v) is 42.3. The van der Waals surface area contributed by atoms with Gasteiger partial charge in [0.2, 0.25) is 0 Å². The van der Waals surface area contributed by atoms with Crippen LogP contribution in [0.3, 0.4) is 0 Å². The smallest absolute Gasteiger partial charge is 0.409 e. The molecule has 0 aliphatic carbocycles. The summed E-state index contributed by atoms with van der Waals surface area (Å²) in [6.07, 6.45) is 5.24. The van der Waals surface area contributed by atoms with E-state index in [1.807, 2.05) is 60.8 Å². The van der Waals surface area contributed by atoms with Gasteiger partial charge in [-0.3, -0.25) is 4.57 Å². The Morgan fingerprint density at radius 1 is 0.635 bits per heavy atom. The molecule has 0 bridgehead atoms. The summed E-state index contributed by atoms with van der Waals surface area (Å²) in [7, 11) is 0. The molecule has 2 aliphatic heterocycles. The van der Waals surface area contributed by atoms with E-state index in [1.54, 1.807) is 57.7 Å². The fraction of sp³-hybridized carbons (Fsp3) is 0.0615. The third-order valence-corrected chi connectivity index (χ3v) is 13.4. The first-order valence-corrected chi connectivity index (χ1v) is 23.7. The van der Waals surface area contributed by atoms with Crippen molar-refractivity contribution in [3.8, 4) is 73.5 Å². The molecule has 356 valence electrons. The molecule has 4 heterocycles. The minimum atomic E-state index is -0.593. The van der Waals surface area contributed by atoms with Crippen molar-refractivity contribution in [2.45, 2.75) is 26.2 Å². The van der Waals surface area contributed by atoms with Crippen LogP contribution in [0.15, 0.2) is 218 Å².